The lowest BCUT2D eigenvalue weighted by Crippen LogP contribution is -2.09. The highest BCUT2D eigenvalue weighted by Crippen LogP contribution is 2.43. The molecule has 0 aliphatic heterocycles. The Balaban J connectivity index is 1.77. The molecule has 132 valence electrons. The molecular weight excluding hydrogens is 349 g/mol. The second kappa shape index (κ2) is 5.94. The number of nitrogens with one attached hydrogen (secondary N) is 1. The number of rotatable bonds is 3. The topological polar surface area (TPSA) is 104 Å². The summed E-state index contributed by atoms with van der Waals surface area (Å²) in [5.74, 6) is 0.837. The van der Waals surface area contributed by atoms with Crippen LogP contribution in [-0.2, 0) is 6.18 Å². The lowest BCUT2D eigenvalue weighted by Gasteiger charge is -2.23. The molecule has 3 aromatic rings. The molecule has 0 unspecified atom stereocenters. The molecule has 0 amide bonds. The van der Waals surface area contributed by atoms with Gasteiger partial charge in [-0.25, -0.2) is 4.98 Å². The number of nitrogens with zero attached hydrogens (tertiary/aromatic N) is 5. The summed E-state index contributed by atoms with van der Waals surface area (Å²) in [5.41, 5.74) is 0.0532. The summed E-state index contributed by atoms with van der Waals surface area (Å²) in [6.07, 6.45) is -0.581. The lowest BCUT2D eigenvalue weighted by atomic mass is 9.82. The zero-order chi connectivity index (χ0) is 18.3. The summed E-state index contributed by atoms with van der Waals surface area (Å²) >= 11 is 0. The van der Waals surface area contributed by atoms with E-state index in [0.717, 1.165) is 31.5 Å². The molecule has 0 spiro atoms. The Labute approximate surface area is 144 Å². The molecule has 1 fully saturated rings. The quantitative estimate of drug-likeness (QED) is 0.764. The van der Waals surface area contributed by atoms with E-state index in [0.29, 0.717) is 17.0 Å². The molecular formula is C16H11F3N6O. The van der Waals surface area contributed by atoms with Crippen LogP contribution in [0.5, 0.6) is 0 Å². The predicted molar refractivity (Wildman–Crippen MR) is 81.4 cm³/mol. The van der Waals surface area contributed by atoms with E-state index >= 15 is 0 Å². The highest BCUT2D eigenvalue weighted by atomic mass is 19.4. The highest BCUT2D eigenvalue weighted by molar-refractivity contribution is 5.66. The fraction of sp³-hybridized carbons (Fsp3) is 0.312. The van der Waals surface area contributed by atoms with Crippen LogP contribution in [0, 0.1) is 11.3 Å². The van der Waals surface area contributed by atoms with Crippen LogP contribution in [0.2, 0.25) is 0 Å². The van der Waals surface area contributed by atoms with Crippen LogP contribution in [0.3, 0.4) is 0 Å². The minimum absolute atomic E-state index is 0.0796. The van der Waals surface area contributed by atoms with Gasteiger partial charge in [0.25, 0.3) is 0 Å². The van der Waals surface area contributed by atoms with Gasteiger partial charge in [-0.15, -0.1) is 5.10 Å². The average molecular weight is 360 g/mol. The maximum absolute atomic E-state index is 12.7. The minimum atomic E-state index is -4.51. The van der Waals surface area contributed by atoms with E-state index in [2.05, 4.69) is 25.4 Å². The van der Waals surface area contributed by atoms with Crippen molar-refractivity contribution in [1.29, 1.82) is 5.26 Å². The number of hydrogen-bond donors (Lipinski definition) is 1. The van der Waals surface area contributed by atoms with Crippen molar-refractivity contribution in [1.82, 2.24) is 25.4 Å². The fourth-order valence-corrected chi connectivity index (χ4v) is 2.73. The molecule has 7 nitrogen and oxygen atoms in total. The van der Waals surface area contributed by atoms with Gasteiger partial charge in [0.1, 0.15) is 23.2 Å². The van der Waals surface area contributed by atoms with Crippen LogP contribution in [0.4, 0.5) is 13.2 Å². The molecule has 10 heteroatoms. The molecule has 3 heterocycles. The van der Waals surface area contributed by atoms with Crippen LogP contribution in [-0.4, -0.2) is 25.4 Å². The maximum Gasteiger partial charge on any atom is 0.433 e. The van der Waals surface area contributed by atoms with Gasteiger partial charge in [0, 0.05) is 12.1 Å². The Morgan fingerprint density at radius 3 is 2.58 bits per heavy atom. The Bertz CT molecular complexity index is 979. The van der Waals surface area contributed by atoms with Crippen LogP contribution < -0.4 is 0 Å². The van der Waals surface area contributed by atoms with Crippen molar-refractivity contribution in [2.75, 3.05) is 0 Å². The minimum Gasteiger partial charge on any atom is -0.440 e. The molecule has 26 heavy (non-hydrogen) atoms. The number of H-pyrrole nitrogens is 1. The number of oxazole rings is 1. The molecule has 0 aromatic carbocycles. The summed E-state index contributed by atoms with van der Waals surface area (Å²) in [4.78, 5) is 7.79. The van der Waals surface area contributed by atoms with Crippen molar-refractivity contribution in [3.63, 3.8) is 0 Å². The van der Waals surface area contributed by atoms with Gasteiger partial charge in [-0.2, -0.15) is 28.7 Å². The SMILES string of the molecule is N#Cc1n[nH]nc1-c1nc(-c2ccc(C(F)(F)F)nc2)oc1C1CCC1. The van der Waals surface area contributed by atoms with E-state index in [1.807, 2.05) is 6.07 Å². The third kappa shape index (κ3) is 2.71. The standard InChI is InChI=1S/C16H11F3N6O/c17-16(18,19)11-5-4-9(7-21-11)15-22-13(12-10(6-20)23-25-24-12)14(26-15)8-2-1-3-8/h4-5,7-8H,1-3H2,(H,23,24,25). The largest absolute Gasteiger partial charge is 0.440 e. The van der Waals surface area contributed by atoms with Crippen LogP contribution in [0.1, 0.15) is 42.3 Å². The first-order chi connectivity index (χ1) is 12.5. The van der Waals surface area contributed by atoms with Crippen LogP contribution >= 0.6 is 0 Å². The van der Waals surface area contributed by atoms with Gasteiger partial charge in [-0.3, -0.25) is 4.98 Å². The van der Waals surface area contributed by atoms with Gasteiger partial charge in [-0.05, 0) is 25.0 Å². The molecule has 0 radical (unpaired) electrons. The van der Waals surface area contributed by atoms with Crippen molar-refractivity contribution < 1.29 is 17.6 Å². The third-order valence-electron chi connectivity index (χ3n) is 4.31. The Kier molecular flexibility index (Phi) is 3.72. The summed E-state index contributed by atoms with van der Waals surface area (Å²) in [5, 5.41) is 19.3. The number of halogens is 3. The summed E-state index contributed by atoms with van der Waals surface area (Å²) in [7, 11) is 0. The molecule has 1 saturated carbocycles. The molecule has 0 saturated heterocycles. The predicted octanol–water partition coefficient (Wildman–Crippen LogP) is 3.68. The second-order valence-electron chi connectivity index (χ2n) is 5.92. The molecule has 0 atom stereocenters. The van der Waals surface area contributed by atoms with Gasteiger partial charge in [0.2, 0.25) is 5.89 Å². The van der Waals surface area contributed by atoms with Gasteiger partial charge >= 0.3 is 6.18 Å². The maximum atomic E-state index is 12.7. The first kappa shape index (κ1) is 16.3. The first-order valence-electron chi connectivity index (χ1n) is 7.83. The molecule has 3 aromatic heterocycles. The van der Waals surface area contributed by atoms with Gasteiger partial charge in [0.15, 0.2) is 11.4 Å². The Hall–Kier alpha value is -3.22. The fourth-order valence-electron chi connectivity index (χ4n) is 2.73. The van der Waals surface area contributed by atoms with Crippen molar-refractivity contribution in [3.8, 4) is 28.9 Å². The number of alkyl halides is 3. The summed E-state index contributed by atoms with van der Waals surface area (Å²) < 4.78 is 43.8. The van der Waals surface area contributed by atoms with E-state index in [-0.39, 0.29) is 23.2 Å². The lowest BCUT2D eigenvalue weighted by molar-refractivity contribution is -0.141. The van der Waals surface area contributed by atoms with E-state index in [1.165, 1.54) is 6.07 Å². The van der Waals surface area contributed by atoms with Crippen molar-refractivity contribution >= 4 is 0 Å². The van der Waals surface area contributed by atoms with E-state index < -0.39 is 11.9 Å². The van der Waals surface area contributed by atoms with Gasteiger partial charge in [0.05, 0.1) is 5.56 Å². The summed E-state index contributed by atoms with van der Waals surface area (Å²) in [6.45, 7) is 0. The molecule has 0 bridgehead atoms. The Morgan fingerprint density at radius 1 is 1.19 bits per heavy atom. The smallest absolute Gasteiger partial charge is 0.433 e. The molecule has 1 N–H and O–H groups in total. The van der Waals surface area contributed by atoms with Crippen LogP contribution in [0.15, 0.2) is 22.7 Å². The second-order valence-corrected chi connectivity index (χ2v) is 5.92. The molecule has 4 rings (SSSR count). The average Bonchev–Trinajstić information content (AvgIpc) is 3.19. The zero-order valence-corrected chi connectivity index (χ0v) is 13.2. The van der Waals surface area contributed by atoms with E-state index in [9.17, 15) is 13.2 Å². The van der Waals surface area contributed by atoms with Crippen molar-refractivity contribution in [3.05, 3.63) is 35.5 Å². The molecule has 1 aliphatic rings. The number of aromatic amines is 1. The van der Waals surface area contributed by atoms with Gasteiger partial charge < -0.3 is 4.42 Å². The van der Waals surface area contributed by atoms with Crippen molar-refractivity contribution in [2.24, 2.45) is 0 Å². The van der Waals surface area contributed by atoms with E-state index in [1.54, 1.807) is 0 Å². The third-order valence-corrected chi connectivity index (χ3v) is 4.31. The number of hydrogen-bond acceptors (Lipinski definition) is 6. The highest BCUT2D eigenvalue weighted by Gasteiger charge is 2.33. The summed E-state index contributed by atoms with van der Waals surface area (Å²) in [6, 6.07) is 4.05. The Morgan fingerprint density at radius 2 is 2.00 bits per heavy atom. The van der Waals surface area contributed by atoms with Gasteiger partial charge in [-0.1, -0.05) is 6.42 Å². The van der Waals surface area contributed by atoms with Crippen LogP contribution in [0.25, 0.3) is 22.8 Å². The first-order valence-corrected chi connectivity index (χ1v) is 7.83. The monoisotopic (exact) mass is 360 g/mol. The van der Waals surface area contributed by atoms with Crippen molar-refractivity contribution in [2.45, 2.75) is 31.4 Å². The van der Waals surface area contributed by atoms with E-state index in [4.69, 9.17) is 9.68 Å². The number of nitriles is 1. The number of pyridine rings is 1. The normalized spacial score (nSPS) is 14.8. The zero-order valence-electron chi connectivity index (χ0n) is 13.2. The number of aromatic nitrogens is 5. The molecule has 1 aliphatic carbocycles.